The Bertz CT molecular complexity index is 608. The third kappa shape index (κ3) is 3.18. The summed E-state index contributed by atoms with van der Waals surface area (Å²) in [4.78, 5) is 18.2. The van der Waals surface area contributed by atoms with Crippen molar-refractivity contribution in [1.82, 2.24) is 9.88 Å². The van der Waals surface area contributed by atoms with Gasteiger partial charge in [-0.2, -0.15) is 0 Å². The molecule has 1 aliphatic carbocycles. The lowest BCUT2D eigenvalue weighted by atomic mass is 9.62. The van der Waals surface area contributed by atoms with Gasteiger partial charge in [0, 0.05) is 51.4 Å². The molecule has 0 unspecified atom stereocenters. The van der Waals surface area contributed by atoms with Crippen LogP contribution in [0.15, 0.2) is 18.3 Å². The minimum Gasteiger partial charge on any atom is -0.383 e. The lowest BCUT2D eigenvalue weighted by molar-refractivity contribution is -0.175. The minimum absolute atomic E-state index is 0.308. The first-order chi connectivity index (χ1) is 12.0. The summed E-state index contributed by atoms with van der Waals surface area (Å²) in [6, 6.07) is 4.20. The first-order valence-electron chi connectivity index (χ1n) is 9.07. The lowest BCUT2D eigenvalue weighted by Gasteiger charge is -2.56. The zero-order valence-electron chi connectivity index (χ0n) is 15.4. The number of primary amides is 1. The molecule has 25 heavy (non-hydrogen) atoms. The Kier molecular flexibility index (Phi) is 5.41. The van der Waals surface area contributed by atoms with Crippen LogP contribution < -0.4 is 5.73 Å². The SMILES string of the molecule is COC[C@@H](C)N1C[C@H]2CCC[C@@H](C1)[C@@]2(OC)c1ccnc(C(N)=O)c1. The topological polar surface area (TPSA) is 77.7 Å². The van der Waals surface area contributed by atoms with E-state index in [1.54, 1.807) is 20.4 Å². The third-order valence-electron chi connectivity index (χ3n) is 6.06. The molecule has 6 heteroatoms. The number of hydrogen-bond acceptors (Lipinski definition) is 5. The Balaban J connectivity index is 1.96. The van der Waals surface area contributed by atoms with E-state index in [0.29, 0.717) is 23.6 Å². The quantitative estimate of drug-likeness (QED) is 0.849. The zero-order chi connectivity index (χ0) is 18.0. The molecule has 0 radical (unpaired) electrons. The van der Waals surface area contributed by atoms with Crippen molar-refractivity contribution in [2.75, 3.05) is 33.9 Å². The van der Waals surface area contributed by atoms with Gasteiger partial charge in [-0.05, 0) is 37.5 Å². The van der Waals surface area contributed by atoms with Gasteiger partial charge < -0.3 is 15.2 Å². The second-order valence-electron chi connectivity index (χ2n) is 7.37. The second kappa shape index (κ2) is 7.40. The van der Waals surface area contributed by atoms with Crippen molar-refractivity contribution >= 4 is 5.91 Å². The molecule has 2 aliphatic rings. The molecule has 1 saturated heterocycles. The molecular formula is C19H29N3O3. The van der Waals surface area contributed by atoms with E-state index < -0.39 is 5.91 Å². The lowest BCUT2D eigenvalue weighted by Crippen LogP contribution is -2.61. The number of amides is 1. The van der Waals surface area contributed by atoms with Crippen molar-refractivity contribution in [3.63, 3.8) is 0 Å². The number of piperidine rings is 1. The fraction of sp³-hybridized carbons (Fsp3) is 0.684. The highest BCUT2D eigenvalue weighted by Gasteiger charge is 2.53. The Labute approximate surface area is 149 Å². The van der Waals surface area contributed by atoms with Crippen LogP contribution in [0.1, 0.15) is 42.2 Å². The minimum atomic E-state index is -0.496. The van der Waals surface area contributed by atoms with Crippen molar-refractivity contribution in [3.05, 3.63) is 29.6 Å². The van der Waals surface area contributed by atoms with Crippen LogP contribution in [-0.4, -0.2) is 55.7 Å². The number of fused-ring (bicyclic) bond motifs is 2. The van der Waals surface area contributed by atoms with E-state index in [4.69, 9.17) is 15.2 Å². The first-order valence-corrected chi connectivity index (χ1v) is 9.07. The highest BCUT2D eigenvalue weighted by molar-refractivity contribution is 5.90. The van der Waals surface area contributed by atoms with Crippen LogP contribution in [0.3, 0.4) is 0 Å². The van der Waals surface area contributed by atoms with Gasteiger partial charge in [0.15, 0.2) is 0 Å². The Hall–Kier alpha value is -1.50. The molecule has 1 aromatic rings. The molecule has 1 saturated carbocycles. The molecule has 0 spiro atoms. The van der Waals surface area contributed by atoms with Crippen molar-refractivity contribution in [3.8, 4) is 0 Å². The third-order valence-corrected chi connectivity index (χ3v) is 6.06. The number of likely N-dealkylation sites (tertiary alicyclic amines) is 1. The van der Waals surface area contributed by atoms with Crippen molar-refractivity contribution in [1.29, 1.82) is 0 Å². The summed E-state index contributed by atoms with van der Waals surface area (Å²) in [6.45, 7) is 4.91. The number of pyridine rings is 1. The Morgan fingerprint density at radius 3 is 2.64 bits per heavy atom. The maximum absolute atomic E-state index is 11.6. The van der Waals surface area contributed by atoms with E-state index in [2.05, 4.69) is 16.8 Å². The molecule has 4 atom stereocenters. The molecule has 3 rings (SSSR count). The molecular weight excluding hydrogens is 318 g/mol. The van der Waals surface area contributed by atoms with Gasteiger partial charge in [-0.1, -0.05) is 6.42 Å². The molecule has 138 valence electrons. The van der Waals surface area contributed by atoms with E-state index in [0.717, 1.165) is 38.1 Å². The number of aromatic nitrogens is 1. The van der Waals surface area contributed by atoms with Crippen molar-refractivity contribution in [2.24, 2.45) is 17.6 Å². The number of nitrogens with zero attached hydrogens (tertiary/aromatic N) is 2. The molecule has 2 heterocycles. The van der Waals surface area contributed by atoms with E-state index in [1.807, 2.05) is 12.1 Å². The first kappa shape index (κ1) is 18.3. The maximum Gasteiger partial charge on any atom is 0.267 e. The highest BCUT2D eigenvalue weighted by atomic mass is 16.5. The summed E-state index contributed by atoms with van der Waals surface area (Å²) < 4.78 is 11.6. The number of carbonyl (C=O) groups excluding carboxylic acids is 1. The molecule has 1 aliphatic heterocycles. The van der Waals surface area contributed by atoms with E-state index in [-0.39, 0.29) is 5.60 Å². The van der Waals surface area contributed by atoms with E-state index in [1.165, 1.54) is 6.42 Å². The van der Waals surface area contributed by atoms with Crippen LogP contribution in [0.2, 0.25) is 0 Å². The van der Waals surface area contributed by atoms with Crippen molar-refractivity contribution in [2.45, 2.75) is 37.8 Å². The number of hydrogen-bond donors (Lipinski definition) is 1. The predicted octanol–water partition coefficient (Wildman–Crippen LogP) is 1.79. The smallest absolute Gasteiger partial charge is 0.267 e. The Morgan fingerprint density at radius 1 is 1.40 bits per heavy atom. The summed E-state index contributed by atoms with van der Waals surface area (Å²) in [5.41, 5.74) is 6.42. The van der Waals surface area contributed by atoms with Gasteiger partial charge in [-0.25, -0.2) is 0 Å². The number of carbonyl (C=O) groups is 1. The normalized spacial score (nSPS) is 30.8. The molecule has 0 aromatic carbocycles. The standard InChI is InChI=1S/C19H29N3O3/c1-13(12-24-2)22-10-15-5-4-6-16(11-22)19(15,25-3)14-7-8-21-17(9-14)18(20)23/h7-9,13,15-16H,4-6,10-12H2,1-3H3,(H2,20,23)/t13-,15-,16+,19-/m1/s1. The molecule has 1 amide bonds. The summed E-state index contributed by atoms with van der Waals surface area (Å²) in [5, 5.41) is 0. The average Bonchev–Trinajstić information content (AvgIpc) is 2.60. The van der Waals surface area contributed by atoms with Crippen LogP contribution in [0, 0.1) is 11.8 Å². The fourth-order valence-electron chi connectivity index (χ4n) is 4.90. The summed E-state index contributed by atoms with van der Waals surface area (Å²) in [7, 11) is 3.55. The number of rotatable bonds is 6. The summed E-state index contributed by atoms with van der Waals surface area (Å²) in [5.74, 6) is 0.268. The number of methoxy groups -OCH3 is 2. The molecule has 6 nitrogen and oxygen atoms in total. The van der Waals surface area contributed by atoms with Crippen LogP contribution in [0.5, 0.6) is 0 Å². The van der Waals surface area contributed by atoms with Crippen molar-refractivity contribution < 1.29 is 14.3 Å². The zero-order valence-corrected chi connectivity index (χ0v) is 15.4. The molecule has 2 fully saturated rings. The van der Waals surface area contributed by atoms with Gasteiger partial charge >= 0.3 is 0 Å². The van der Waals surface area contributed by atoms with E-state index >= 15 is 0 Å². The van der Waals surface area contributed by atoms with E-state index in [9.17, 15) is 4.79 Å². The Morgan fingerprint density at radius 2 is 2.08 bits per heavy atom. The largest absolute Gasteiger partial charge is 0.383 e. The van der Waals surface area contributed by atoms with Gasteiger partial charge in [0.1, 0.15) is 11.3 Å². The van der Waals surface area contributed by atoms with Gasteiger partial charge in [0.05, 0.1) is 6.61 Å². The fourth-order valence-corrected chi connectivity index (χ4v) is 4.90. The van der Waals surface area contributed by atoms with Gasteiger partial charge in [-0.3, -0.25) is 14.7 Å². The predicted molar refractivity (Wildman–Crippen MR) is 95.2 cm³/mol. The highest BCUT2D eigenvalue weighted by Crippen LogP contribution is 2.51. The van der Waals surface area contributed by atoms with Crippen LogP contribution in [0.4, 0.5) is 0 Å². The average molecular weight is 347 g/mol. The second-order valence-corrected chi connectivity index (χ2v) is 7.37. The monoisotopic (exact) mass is 347 g/mol. The van der Waals surface area contributed by atoms with Gasteiger partial charge in [0.25, 0.3) is 5.91 Å². The molecule has 2 bridgehead atoms. The number of nitrogens with two attached hydrogens (primary N) is 1. The van der Waals surface area contributed by atoms with Crippen LogP contribution in [-0.2, 0) is 15.1 Å². The van der Waals surface area contributed by atoms with Gasteiger partial charge in [0.2, 0.25) is 0 Å². The summed E-state index contributed by atoms with van der Waals surface area (Å²) in [6.07, 6.45) is 5.14. The maximum atomic E-state index is 11.6. The molecule has 1 aromatic heterocycles. The number of ether oxygens (including phenoxy) is 2. The van der Waals surface area contributed by atoms with Gasteiger partial charge in [-0.15, -0.1) is 0 Å². The van der Waals surface area contributed by atoms with Crippen LogP contribution in [0.25, 0.3) is 0 Å². The van der Waals surface area contributed by atoms with Crippen LogP contribution >= 0.6 is 0 Å². The molecule has 2 N–H and O–H groups in total. The summed E-state index contributed by atoms with van der Waals surface area (Å²) >= 11 is 0.